The number of rotatable bonds is 4. The molecule has 5 heteroatoms. The molecule has 0 aliphatic carbocycles. The number of hydrogen-bond acceptors (Lipinski definition) is 3. The van der Waals surface area contributed by atoms with Crippen molar-refractivity contribution in [3.8, 4) is 11.3 Å². The minimum Gasteiger partial charge on any atom is -0.352 e. The standard InChI is InChI=1S/C22H16N4O/c27-21(10-14-4-2-1-3-5-14)20-12-16-11-17-19(13-18(16)24-20)25-26-22(17)15-6-8-23-9-7-15/h1-9,11-13,24H,10H2,(H,25,26). The van der Waals surface area contributed by atoms with E-state index in [0.29, 0.717) is 12.1 Å². The Morgan fingerprint density at radius 1 is 0.926 bits per heavy atom. The second-order valence-electron chi connectivity index (χ2n) is 6.56. The minimum absolute atomic E-state index is 0.0774. The van der Waals surface area contributed by atoms with E-state index in [1.165, 1.54) is 0 Å². The van der Waals surface area contributed by atoms with Crippen LogP contribution in [0.4, 0.5) is 0 Å². The van der Waals surface area contributed by atoms with Gasteiger partial charge in [0.25, 0.3) is 0 Å². The van der Waals surface area contributed by atoms with Crippen LogP contribution >= 0.6 is 0 Å². The Labute approximate surface area is 155 Å². The van der Waals surface area contributed by atoms with Crippen molar-refractivity contribution in [1.82, 2.24) is 20.2 Å². The number of carbonyl (C=O) groups excluding carboxylic acids is 1. The molecule has 3 aromatic heterocycles. The van der Waals surface area contributed by atoms with Gasteiger partial charge in [-0.3, -0.25) is 14.9 Å². The van der Waals surface area contributed by atoms with E-state index in [4.69, 9.17) is 0 Å². The van der Waals surface area contributed by atoms with E-state index < -0.39 is 0 Å². The van der Waals surface area contributed by atoms with Gasteiger partial charge in [0.1, 0.15) is 5.69 Å². The van der Waals surface area contributed by atoms with Crippen molar-refractivity contribution >= 4 is 27.6 Å². The number of H-pyrrole nitrogens is 2. The van der Waals surface area contributed by atoms with Gasteiger partial charge in [-0.1, -0.05) is 30.3 Å². The summed E-state index contributed by atoms with van der Waals surface area (Å²) in [6.45, 7) is 0. The lowest BCUT2D eigenvalue weighted by Crippen LogP contribution is -2.03. The molecule has 3 heterocycles. The van der Waals surface area contributed by atoms with Crippen molar-refractivity contribution < 1.29 is 4.79 Å². The third-order valence-electron chi connectivity index (χ3n) is 4.76. The van der Waals surface area contributed by atoms with Crippen molar-refractivity contribution in [1.29, 1.82) is 0 Å². The predicted octanol–water partition coefficient (Wildman–Crippen LogP) is 4.53. The number of aromatic nitrogens is 4. The first kappa shape index (κ1) is 15.5. The van der Waals surface area contributed by atoms with Crippen LogP contribution in [0.2, 0.25) is 0 Å². The van der Waals surface area contributed by atoms with E-state index in [1.807, 2.05) is 54.6 Å². The summed E-state index contributed by atoms with van der Waals surface area (Å²) >= 11 is 0. The third-order valence-corrected chi connectivity index (χ3v) is 4.76. The summed E-state index contributed by atoms with van der Waals surface area (Å²) < 4.78 is 0. The van der Waals surface area contributed by atoms with E-state index in [1.54, 1.807) is 12.4 Å². The average molecular weight is 352 g/mol. The third kappa shape index (κ3) is 2.79. The molecule has 0 saturated heterocycles. The molecule has 0 fully saturated rings. The van der Waals surface area contributed by atoms with Gasteiger partial charge in [-0.15, -0.1) is 0 Å². The summed E-state index contributed by atoms with van der Waals surface area (Å²) in [6, 6.07) is 19.6. The maximum absolute atomic E-state index is 12.6. The fourth-order valence-corrected chi connectivity index (χ4v) is 3.40. The zero-order chi connectivity index (χ0) is 18.2. The number of carbonyl (C=O) groups is 1. The van der Waals surface area contributed by atoms with Gasteiger partial charge >= 0.3 is 0 Å². The van der Waals surface area contributed by atoms with Crippen LogP contribution in [0.3, 0.4) is 0 Å². The molecule has 2 N–H and O–H groups in total. The highest BCUT2D eigenvalue weighted by molar-refractivity contribution is 6.05. The average Bonchev–Trinajstić information content (AvgIpc) is 3.31. The van der Waals surface area contributed by atoms with E-state index in [9.17, 15) is 4.79 Å². The van der Waals surface area contributed by atoms with Crippen molar-refractivity contribution in [2.24, 2.45) is 0 Å². The number of hydrogen-bond donors (Lipinski definition) is 2. The van der Waals surface area contributed by atoms with E-state index in [2.05, 4.69) is 26.2 Å². The molecular weight excluding hydrogens is 336 g/mol. The maximum atomic E-state index is 12.6. The van der Waals surface area contributed by atoms with Crippen LogP contribution in [0.15, 0.2) is 73.1 Å². The molecule has 0 aliphatic heterocycles. The Kier molecular flexibility index (Phi) is 3.57. The molecule has 0 saturated carbocycles. The summed E-state index contributed by atoms with van der Waals surface area (Å²) in [4.78, 5) is 20.0. The molecule has 0 spiro atoms. The van der Waals surface area contributed by atoms with Gasteiger partial charge in [0.05, 0.1) is 11.2 Å². The Bertz CT molecular complexity index is 1250. The molecule has 5 aromatic rings. The molecule has 0 bridgehead atoms. The lowest BCUT2D eigenvalue weighted by molar-refractivity contribution is 0.0989. The van der Waals surface area contributed by atoms with E-state index >= 15 is 0 Å². The number of benzene rings is 2. The molecule has 0 unspecified atom stereocenters. The molecule has 0 atom stereocenters. The first-order chi connectivity index (χ1) is 13.3. The van der Waals surface area contributed by atoms with E-state index in [-0.39, 0.29) is 5.78 Å². The van der Waals surface area contributed by atoms with Crippen LogP contribution < -0.4 is 0 Å². The van der Waals surface area contributed by atoms with Gasteiger partial charge in [0.15, 0.2) is 5.78 Å². The fraction of sp³-hybridized carbons (Fsp3) is 0.0455. The smallest absolute Gasteiger partial charge is 0.183 e. The van der Waals surface area contributed by atoms with Gasteiger partial charge in [0, 0.05) is 40.7 Å². The van der Waals surface area contributed by atoms with Gasteiger partial charge in [-0.25, -0.2) is 0 Å². The number of ketones is 1. The van der Waals surface area contributed by atoms with Crippen molar-refractivity contribution in [2.45, 2.75) is 6.42 Å². The molecular formula is C22H16N4O. The predicted molar refractivity (Wildman–Crippen MR) is 106 cm³/mol. The van der Waals surface area contributed by atoms with Gasteiger partial charge in [-0.2, -0.15) is 5.10 Å². The number of nitrogens with one attached hydrogen (secondary N) is 2. The van der Waals surface area contributed by atoms with Crippen LogP contribution in [0.1, 0.15) is 16.1 Å². The molecule has 0 radical (unpaired) electrons. The highest BCUT2D eigenvalue weighted by Gasteiger charge is 2.14. The molecule has 2 aromatic carbocycles. The van der Waals surface area contributed by atoms with Crippen LogP contribution in [-0.2, 0) is 6.42 Å². The molecule has 0 aliphatic rings. The van der Waals surface area contributed by atoms with Crippen molar-refractivity contribution in [2.75, 3.05) is 0 Å². The Morgan fingerprint density at radius 2 is 1.74 bits per heavy atom. The monoisotopic (exact) mass is 352 g/mol. The lowest BCUT2D eigenvalue weighted by Gasteiger charge is -1.98. The topological polar surface area (TPSA) is 74.4 Å². The molecule has 27 heavy (non-hydrogen) atoms. The number of fused-ring (bicyclic) bond motifs is 2. The Balaban J connectivity index is 1.55. The minimum atomic E-state index is 0.0774. The Hall–Kier alpha value is -3.73. The van der Waals surface area contributed by atoms with Crippen LogP contribution in [0.25, 0.3) is 33.1 Å². The molecule has 5 rings (SSSR count). The largest absolute Gasteiger partial charge is 0.352 e. The van der Waals surface area contributed by atoms with Gasteiger partial charge < -0.3 is 4.98 Å². The number of nitrogens with zero attached hydrogens (tertiary/aromatic N) is 2. The summed E-state index contributed by atoms with van der Waals surface area (Å²) in [5.41, 5.74) is 5.37. The van der Waals surface area contributed by atoms with Crippen LogP contribution in [0, 0.1) is 0 Å². The zero-order valence-electron chi connectivity index (χ0n) is 14.4. The highest BCUT2D eigenvalue weighted by Crippen LogP contribution is 2.30. The number of aromatic amines is 2. The highest BCUT2D eigenvalue weighted by atomic mass is 16.1. The Morgan fingerprint density at radius 3 is 2.56 bits per heavy atom. The number of pyridine rings is 1. The van der Waals surface area contributed by atoms with Crippen molar-refractivity contribution in [3.63, 3.8) is 0 Å². The second-order valence-corrected chi connectivity index (χ2v) is 6.56. The van der Waals surface area contributed by atoms with Gasteiger partial charge in [-0.05, 0) is 35.9 Å². The second kappa shape index (κ2) is 6.21. The zero-order valence-corrected chi connectivity index (χ0v) is 14.4. The molecule has 130 valence electrons. The lowest BCUT2D eigenvalue weighted by atomic mass is 10.1. The molecule has 5 nitrogen and oxygen atoms in total. The first-order valence-electron chi connectivity index (χ1n) is 8.76. The van der Waals surface area contributed by atoms with Crippen LogP contribution in [-0.4, -0.2) is 25.9 Å². The maximum Gasteiger partial charge on any atom is 0.183 e. The summed E-state index contributed by atoms with van der Waals surface area (Å²) in [5, 5.41) is 9.55. The quantitative estimate of drug-likeness (QED) is 0.467. The number of Topliss-reactive ketones (excluding diaryl/α,β-unsaturated/α-hetero) is 1. The normalized spacial score (nSPS) is 11.3. The van der Waals surface area contributed by atoms with E-state index in [0.717, 1.165) is 38.6 Å². The van der Waals surface area contributed by atoms with Gasteiger partial charge in [0.2, 0.25) is 0 Å². The first-order valence-corrected chi connectivity index (χ1v) is 8.76. The summed E-state index contributed by atoms with van der Waals surface area (Å²) in [6.07, 6.45) is 3.89. The summed E-state index contributed by atoms with van der Waals surface area (Å²) in [7, 11) is 0. The summed E-state index contributed by atoms with van der Waals surface area (Å²) in [5.74, 6) is 0.0774. The molecule has 0 amide bonds. The fourth-order valence-electron chi connectivity index (χ4n) is 3.40. The SMILES string of the molecule is O=C(Cc1ccccc1)c1cc2cc3c(-c4ccncc4)n[nH]c3cc2[nH]1. The van der Waals surface area contributed by atoms with Crippen LogP contribution in [0.5, 0.6) is 0 Å². The van der Waals surface area contributed by atoms with Crippen molar-refractivity contribution in [3.05, 3.63) is 84.3 Å².